The zero-order valence-electron chi connectivity index (χ0n) is 9.71. The predicted molar refractivity (Wildman–Crippen MR) is 43.9 cm³/mol. The van der Waals surface area contributed by atoms with E-state index in [1.165, 1.54) is 6.92 Å². The fourth-order valence-electron chi connectivity index (χ4n) is 0.733. The predicted octanol–water partition coefficient (Wildman–Crippen LogP) is -1.68. The number of carboxylic acid groups (broad SMARTS) is 2. The molecule has 72 valence electrons. The molecule has 0 spiro atoms. The van der Waals surface area contributed by atoms with Crippen LogP contribution in [0.4, 0.5) is 0 Å². The molecule has 4 nitrogen and oxygen atoms in total. The Kier molecular flexibility index (Phi) is 4.82. The van der Waals surface area contributed by atoms with Gasteiger partial charge in [0, 0.05) is 0 Å². The molecule has 0 aliphatic heterocycles. The van der Waals surface area contributed by atoms with Gasteiger partial charge in [0.15, 0.2) is 5.41 Å². The summed E-state index contributed by atoms with van der Waals surface area (Å²) < 4.78 is 0. The first kappa shape index (κ1) is 15.0. The van der Waals surface area contributed by atoms with E-state index in [0.717, 1.165) is 0 Å². The van der Waals surface area contributed by atoms with Gasteiger partial charge in [-0.1, -0.05) is 20.8 Å². The Balaban J connectivity index is -0.000000605. The second kappa shape index (κ2) is 4.17. The molecule has 0 rings (SSSR count). The van der Waals surface area contributed by atoms with E-state index in [0.29, 0.717) is 0 Å². The number of hydrogen-bond donors (Lipinski definition) is 2. The van der Waals surface area contributed by atoms with Gasteiger partial charge in [-0.25, -0.2) is 0 Å². The molecule has 0 aromatic carbocycles. The Morgan fingerprint density at radius 1 is 1.00 bits per heavy atom. The smallest absolute Gasteiger partial charge is 1.00 e. The van der Waals surface area contributed by atoms with Crippen molar-refractivity contribution in [2.75, 3.05) is 0 Å². The Hall–Kier alpha value is -0.463. The maximum Gasteiger partial charge on any atom is 1.00 e. The minimum atomic E-state index is -1.73. The minimum absolute atomic E-state index is 0. The summed E-state index contributed by atoms with van der Waals surface area (Å²) in [7, 11) is 0. The van der Waals surface area contributed by atoms with E-state index in [9.17, 15) is 9.59 Å². The number of carbonyl (C=O) groups is 2. The molecular weight excluding hydrogens is 167 g/mol. The van der Waals surface area contributed by atoms with Crippen molar-refractivity contribution in [3.8, 4) is 0 Å². The topological polar surface area (TPSA) is 74.6 Å². The molecule has 0 fully saturated rings. The van der Waals surface area contributed by atoms with E-state index in [1.54, 1.807) is 20.8 Å². The normalized spacial score (nSPS) is 11.7. The molecule has 0 saturated heterocycles. The second-order valence-electron chi connectivity index (χ2n) is 3.99. The van der Waals surface area contributed by atoms with E-state index in [1.807, 2.05) is 0 Å². The van der Waals surface area contributed by atoms with E-state index in [-0.39, 0.29) is 20.3 Å². The van der Waals surface area contributed by atoms with Crippen LogP contribution in [0.5, 0.6) is 0 Å². The molecule has 0 aromatic rings. The third-order valence-electron chi connectivity index (χ3n) is 2.36. The van der Waals surface area contributed by atoms with Gasteiger partial charge in [0.05, 0.1) is 0 Å². The molecule has 0 amide bonds. The molecule has 0 saturated carbocycles. The summed E-state index contributed by atoms with van der Waals surface area (Å²) in [5.41, 5.74) is -2.53. The van der Waals surface area contributed by atoms with Crippen LogP contribution in [0.1, 0.15) is 29.1 Å². The van der Waals surface area contributed by atoms with Crippen LogP contribution in [-0.2, 0) is 9.59 Å². The van der Waals surface area contributed by atoms with Crippen LogP contribution in [0, 0.1) is 10.8 Å². The van der Waals surface area contributed by atoms with Gasteiger partial charge in [0.25, 0.3) is 0 Å². The fraction of sp³-hybridized carbons (Fsp3) is 0.750. The van der Waals surface area contributed by atoms with Crippen LogP contribution >= 0.6 is 0 Å². The summed E-state index contributed by atoms with van der Waals surface area (Å²) in [5.74, 6) is -2.61. The molecule has 0 heterocycles. The summed E-state index contributed by atoms with van der Waals surface area (Å²) in [6, 6.07) is 0. The van der Waals surface area contributed by atoms with E-state index >= 15 is 0 Å². The summed E-state index contributed by atoms with van der Waals surface area (Å²) in [5, 5.41) is 17.5. The third-order valence-corrected chi connectivity index (χ3v) is 2.36. The van der Waals surface area contributed by atoms with E-state index in [4.69, 9.17) is 10.2 Å². The number of rotatable bonds is 2. The second-order valence-corrected chi connectivity index (χ2v) is 3.99. The zero-order valence-corrected chi connectivity index (χ0v) is 8.71. The van der Waals surface area contributed by atoms with Gasteiger partial charge < -0.3 is 11.6 Å². The molecule has 0 bridgehead atoms. The van der Waals surface area contributed by atoms with Crippen LogP contribution in [0.2, 0.25) is 0 Å². The number of hydrogen-bond acceptors (Lipinski definition) is 2. The van der Waals surface area contributed by atoms with E-state index < -0.39 is 22.8 Å². The molecular formula is C8H15LiO4. The van der Waals surface area contributed by atoms with E-state index in [2.05, 4.69) is 0 Å². The summed E-state index contributed by atoms with van der Waals surface area (Å²) in [6.07, 6.45) is 0. The van der Waals surface area contributed by atoms with Gasteiger partial charge in [-0.15, -0.1) is 0 Å². The van der Waals surface area contributed by atoms with Crippen LogP contribution < -0.4 is 18.9 Å². The van der Waals surface area contributed by atoms with Crippen molar-refractivity contribution in [3.63, 3.8) is 0 Å². The molecule has 0 radical (unpaired) electrons. The first-order valence-electron chi connectivity index (χ1n) is 3.61. The first-order valence-corrected chi connectivity index (χ1v) is 3.61. The summed E-state index contributed by atoms with van der Waals surface area (Å²) in [6.45, 7) is 6.00. The maximum absolute atomic E-state index is 10.7. The standard InChI is InChI=1S/C8H14O4.Li.H/c1-7(2,3)8(4,5(9)10)6(11)12;;/h1-4H3,(H,9,10)(H,11,12);;/q;+1;-1. The van der Waals surface area contributed by atoms with Crippen LogP contribution in [-0.4, -0.2) is 22.2 Å². The first-order chi connectivity index (χ1) is 5.14. The van der Waals surface area contributed by atoms with Crippen molar-refractivity contribution >= 4 is 11.9 Å². The third kappa shape index (κ3) is 2.49. The van der Waals surface area contributed by atoms with Gasteiger partial charge in [0.1, 0.15) is 0 Å². The van der Waals surface area contributed by atoms with Gasteiger partial charge in [0.2, 0.25) is 0 Å². The van der Waals surface area contributed by atoms with Gasteiger partial charge in [-0.3, -0.25) is 9.59 Å². The quantitative estimate of drug-likeness (QED) is 0.395. The Morgan fingerprint density at radius 2 is 1.23 bits per heavy atom. The monoisotopic (exact) mass is 182 g/mol. The Labute approximate surface area is 91.0 Å². The maximum atomic E-state index is 10.7. The molecule has 13 heavy (non-hydrogen) atoms. The fourth-order valence-corrected chi connectivity index (χ4v) is 0.733. The van der Waals surface area contributed by atoms with Crippen molar-refractivity contribution in [2.24, 2.45) is 10.8 Å². The molecule has 0 unspecified atom stereocenters. The number of carboxylic acids is 2. The Bertz CT molecular complexity index is 208. The zero-order chi connectivity index (χ0) is 10.2. The van der Waals surface area contributed by atoms with Crippen molar-refractivity contribution in [3.05, 3.63) is 0 Å². The minimum Gasteiger partial charge on any atom is -1.00 e. The molecule has 0 aliphatic carbocycles. The van der Waals surface area contributed by atoms with Crippen LogP contribution in [0.3, 0.4) is 0 Å². The Morgan fingerprint density at radius 3 is 1.23 bits per heavy atom. The molecule has 0 atom stereocenters. The molecule has 2 N–H and O–H groups in total. The average molecular weight is 182 g/mol. The average Bonchev–Trinajstić information content (AvgIpc) is 1.82. The van der Waals surface area contributed by atoms with Crippen molar-refractivity contribution in [2.45, 2.75) is 27.7 Å². The van der Waals surface area contributed by atoms with Crippen LogP contribution in [0.15, 0.2) is 0 Å². The largest absolute Gasteiger partial charge is 1.00 e. The van der Waals surface area contributed by atoms with Gasteiger partial charge in [-0.05, 0) is 12.3 Å². The molecule has 5 heteroatoms. The number of aliphatic carboxylic acids is 2. The van der Waals surface area contributed by atoms with Gasteiger partial charge in [-0.2, -0.15) is 0 Å². The summed E-state index contributed by atoms with van der Waals surface area (Å²) in [4.78, 5) is 21.5. The summed E-state index contributed by atoms with van der Waals surface area (Å²) >= 11 is 0. The SMILES string of the molecule is CC(C)(C)C(C)(C(=O)O)C(=O)O.[H-].[Li+]. The van der Waals surface area contributed by atoms with Crippen molar-refractivity contribution in [1.29, 1.82) is 0 Å². The molecule has 0 aliphatic rings. The van der Waals surface area contributed by atoms with Crippen molar-refractivity contribution < 1.29 is 40.1 Å². The van der Waals surface area contributed by atoms with Crippen molar-refractivity contribution in [1.82, 2.24) is 0 Å². The van der Waals surface area contributed by atoms with Crippen LogP contribution in [0.25, 0.3) is 0 Å². The van der Waals surface area contributed by atoms with Gasteiger partial charge >= 0.3 is 30.8 Å². The molecule has 0 aromatic heterocycles.